The van der Waals surface area contributed by atoms with Crippen molar-refractivity contribution in [3.8, 4) is 11.5 Å². The van der Waals surface area contributed by atoms with E-state index in [4.69, 9.17) is 4.42 Å². The molecule has 116 valence electrons. The lowest BCUT2D eigenvalue weighted by molar-refractivity contribution is 0.102. The lowest BCUT2D eigenvalue weighted by Crippen LogP contribution is -2.15. The fraction of sp³-hybridized carbons (Fsp3) is 0.222. The van der Waals surface area contributed by atoms with Crippen molar-refractivity contribution in [3.63, 3.8) is 0 Å². The zero-order valence-electron chi connectivity index (χ0n) is 12.6. The van der Waals surface area contributed by atoms with Gasteiger partial charge in [-0.05, 0) is 55.0 Å². The first-order chi connectivity index (χ1) is 11.3. The number of H-pyrrole nitrogens is 1. The van der Waals surface area contributed by atoms with Crippen molar-refractivity contribution >= 4 is 11.6 Å². The SMILES string of the molecule is O=C(Nc1cccc2c1CCCC2)c1cc(-c2ccco2)[nH]n1. The number of fused-ring (bicyclic) bond motifs is 1. The molecule has 0 fully saturated rings. The predicted molar refractivity (Wildman–Crippen MR) is 87.3 cm³/mol. The molecule has 0 saturated carbocycles. The summed E-state index contributed by atoms with van der Waals surface area (Å²) in [7, 11) is 0. The fourth-order valence-electron chi connectivity index (χ4n) is 3.08. The van der Waals surface area contributed by atoms with E-state index in [1.165, 1.54) is 24.0 Å². The van der Waals surface area contributed by atoms with Gasteiger partial charge in [0.1, 0.15) is 5.69 Å². The number of hydrogen-bond donors (Lipinski definition) is 2. The summed E-state index contributed by atoms with van der Waals surface area (Å²) in [6.07, 6.45) is 6.08. The Morgan fingerprint density at radius 1 is 1.17 bits per heavy atom. The number of aryl methyl sites for hydroxylation is 1. The minimum absolute atomic E-state index is 0.210. The van der Waals surface area contributed by atoms with Gasteiger partial charge in [-0.2, -0.15) is 5.10 Å². The van der Waals surface area contributed by atoms with Crippen molar-refractivity contribution in [2.45, 2.75) is 25.7 Å². The Morgan fingerprint density at radius 2 is 2.09 bits per heavy atom. The minimum atomic E-state index is -0.210. The molecule has 1 aliphatic carbocycles. The highest BCUT2D eigenvalue weighted by molar-refractivity contribution is 6.03. The quantitative estimate of drug-likeness (QED) is 0.773. The fourth-order valence-corrected chi connectivity index (χ4v) is 3.08. The van der Waals surface area contributed by atoms with E-state index in [-0.39, 0.29) is 5.91 Å². The van der Waals surface area contributed by atoms with Crippen molar-refractivity contribution in [1.82, 2.24) is 10.2 Å². The molecule has 1 aromatic carbocycles. The summed E-state index contributed by atoms with van der Waals surface area (Å²) in [4.78, 5) is 12.5. The van der Waals surface area contributed by atoms with Crippen LogP contribution in [-0.4, -0.2) is 16.1 Å². The summed E-state index contributed by atoms with van der Waals surface area (Å²) in [5.41, 5.74) is 4.54. The Morgan fingerprint density at radius 3 is 2.96 bits per heavy atom. The number of carbonyl (C=O) groups excluding carboxylic acids is 1. The van der Waals surface area contributed by atoms with Gasteiger partial charge in [0, 0.05) is 11.8 Å². The molecule has 23 heavy (non-hydrogen) atoms. The topological polar surface area (TPSA) is 70.9 Å². The summed E-state index contributed by atoms with van der Waals surface area (Å²) in [5, 5.41) is 9.91. The molecule has 1 aliphatic rings. The molecule has 0 atom stereocenters. The third-order valence-electron chi connectivity index (χ3n) is 4.24. The van der Waals surface area contributed by atoms with E-state index >= 15 is 0 Å². The van der Waals surface area contributed by atoms with Gasteiger partial charge in [0.05, 0.1) is 6.26 Å². The van der Waals surface area contributed by atoms with Crippen molar-refractivity contribution in [2.24, 2.45) is 0 Å². The molecule has 0 saturated heterocycles. The summed E-state index contributed by atoms with van der Waals surface area (Å²) in [5.74, 6) is 0.451. The lowest BCUT2D eigenvalue weighted by Gasteiger charge is -2.19. The first-order valence-corrected chi connectivity index (χ1v) is 7.82. The molecule has 5 nitrogen and oxygen atoms in total. The number of nitrogens with zero attached hydrogens (tertiary/aromatic N) is 1. The highest BCUT2D eigenvalue weighted by Crippen LogP contribution is 2.28. The van der Waals surface area contributed by atoms with Crippen molar-refractivity contribution in [3.05, 3.63) is 59.5 Å². The van der Waals surface area contributed by atoms with Crippen LogP contribution >= 0.6 is 0 Å². The Balaban J connectivity index is 1.57. The van der Waals surface area contributed by atoms with Crippen molar-refractivity contribution in [1.29, 1.82) is 0 Å². The molecule has 2 heterocycles. The number of anilines is 1. The number of aromatic amines is 1. The van der Waals surface area contributed by atoms with Crippen molar-refractivity contribution in [2.75, 3.05) is 5.32 Å². The van der Waals surface area contributed by atoms with Crippen LogP contribution in [0.25, 0.3) is 11.5 Å². The monoisotopic (exact) mass is 307 g/mol. The second-order valence-corrected chi connectivity index (χ2v) is 5.75. The van der Waals surface area contributed by atoms with E-state index in [9.17, 15) is 4.79 Å². The molecule has 2 N–H and O–H groups in total. The molecule has 4 rings (SSSR count). The Hall–Kier alpha value is -2.82. The highest BCUT2D eigenvalue weighted by atomic mass is 16.3. The number of hydrogen-bond acceptors (Lipinski definition) is 3. The van der Waals surface area contributed by atoms with Crippen LogP contribution in [0.4, 0.5) is 5.69 Å². The van der Waals surface area contributed by atoms with Crippen LogP contribution in [0.3, 0.4) is 0 Å². The number of nitrogens with one attached hydrogen (secondary N) is 2. The third kappa shape index (κ3) is 2.65. The zero-order chi connectivity index (χ0) is 15.6. The van der Waals surface area contributed by atoms with Crippen LogP contribution in [0.2, 0.25) is 0 Å². The molecule has 2 aromatic heterocycles. The molecule has 1 amide bonds. The smallest absolute Gasteiger partial charge is 0.276 e. The summed E-state index contributed by atoms with van der Waals surface area (Å²) < 4.78 is 5.30. The number of rotatable bonds is 3. The van der Waals surface area contributed by atoms with E-state index in [1.54, 1.807) is 18.4 Å². The highest BCUT2D eigenvalue weighted by Gasteiger charge is 2.17. The molecule has 0 aliphatic heterocycles. The van der Waals surface area contributed by atoms with E-state index in [0.29, 0.717) is 17.1 Å². The largest absolute Gasteiger partial charge is 0.463 e. The number of benzene rings is 1. The average molecular weight is 307 g/mol. The van der Waals surface area contributed by atoms with Gasteiger partial charge < -0.3 is 9.73 Å². The molecule has 0 spiro atoms. The predicted octanol–water partition coefficient (Wildman–Crippen LogP) is 3.80. The second kappa shape index (κ2) is 5.76. The van der Waals surface area contributed by atoms with E-state index in [2.05, 4.69) is 21.6 Å². The molecule has 0 bridgehead atoms. The summed E-state index contributed by atoms with van der Waals surface area (Å²) in [6.45, 7) is 0. The van der Waals surface area contributed by atoms with Crippen LogP contribution in [-0.2, 0) is 12.8 Å². The normalized spacial score (nSPS) is 13.6. The average Bonchev–Trinajstić information content (AvgIpc) is 3.26. The van der Waals surface area contributed by atoms with Crippen LogP contribution in [0.1, 0.15) is 34.5 Å². The maximum Gasteiger partial charge on any atom is 0.276 e. The maximum absolute atomic E-state index is 12.5. The van der Waals surface area contributed by atoms with Gasteiger partial charge in [-0.1, -0.05) is 12.1 Å². The summed E-state index contributed by atoms with van der Waals surface area (Å²) in [6, 6.07) is 11.4. The first-order valence-electron chi connectivity index (χ1n) is 7.82. The number of carbonyl (C=O) groups is 1. The molecule has 0 radical (unpaired) electrons. The van der Waals surface area contributed by atoms with Gasteiger partial charge in [-0.3, -0.25) is 9.89 Å². The van der Waals surface area contributed by atoms with Crippen LogP contribution in [0, 0.1) is 0 Å². The van der Waals surface area contributed by atoms with E-state index < -0.39 is 0 Å². The maximum atomic E-state index is 12.5. The zero-order valence-corrected chi connectivity index (χ0v) is 12.6. The first kappa shape index (κ1) is 13.8. The number of furan rings is 1. The molecular formula is C18H17N3O2. The molecule has 3 aromatic rings. The van der Waals surface area contributed by atoms with Crippen LogP contribution < -0.4 is 5.32 Å². The lowest BCUT2D eigenvalue weighted by atomic mass is 9.90. The Kier molecular flexibility index (Phi) is 3.46. The van der Waals surface area contributed by atoms with E-state index in [1.807, 2.05) is 18.2 Å². The van der Waals surface area contributed by atoms with Gasteiger partial charge in [-0.25, -0.2) is 0 Å². The number of amides is 1. The van der Waals surface area contributed by atoms with Gasteiger partial charge >= 0.3 is 0 Å². The van der Waals surface area contributed by atoms with Gasteiger partial charge in [0.15, 0.2) is 11.5 Å². The Bertz CT molecular complexity index is 834. The molecular weight excluding hydrogens is 290 g/mol. The minimum Gasteiger partial charge on any atom is -0.463 e. The van der Waals surface area contributed by atoms with Gasteiger partial charge in [0.2, 0.25) is 0 Å². The third-order valence-corrected chi connectivity index (χ3v) is 4.24. The van der Waals surface area contributed by atoms with Crippen LogP contribution in [0.15, 0.2) is 47.1 Å². The van der Waals surface area contributed by atoms with Gasteiger partial charge in [-0.15, -0.1) is 0 Å². The second-order valence-electron chi connectivity index (χ2n) is 5.75. The van der Waals surface area contributed by atoms with Gasteiger partial charge in [0.25, 0.3) is 5.91 Å². The van der Waals surface area contributed by atoms with E-state index in [0.717, 1.165) is 18.5 Å². The standard InChI is InChI=1S/C18H17N3O2/c22-18(16-11-15(20-21-16)17-9-4-10-23-17)19-14-8-3-6-12-5-1-2-7-13(12)14/h3-4,6,8-11H,1-2,5,7H2,(H,19,22)(H,20,21). The summed E-state index contributed by atoms with van der Waals surface area (Å²) >= 11 is 0. The Labute approximate surface area is 133 Å². The molecule has 0 unspecified atom stereocenters. The molecule has 5 heteroatoms. The number of aromatic nitrogens is 2. The van der Waals surface area contributed by atoms with Crippen LogP contribution in [0.5, 0.6) is 0 Å². The van der Waals surface area contributed by atoms with Crippen molar-refractivity contribution < 1.29 is 9.21 Å².